The summed E-state index contributed by atoms with van der Waals surface area (Å²) in [5.41, 5.74) is 5.13. The molecule has 40 heavy (non-hydrogen) atoms. The average molecular weight is 549 g/mol. The number of anilines is 2. The molecule has 1 fully saturated rings. The Balaban J connectivity index is 1.50. The zero-order valence-corrected chi connectivity index (χ0v) is 23.3. The van der Waals surface area contributed by atoms with Crippen molar-refractivity contribution < 1.29 is 19.1 Å². The van der Waals surface area contributed by atoms with Crippen LogP contribution in [0.15, 0.2) is 103 Å². The Kier molecular flexibility index (Phi) is 7.75. The van der Waals surface area contributed by atoms with Crippen LogP contribution in [0.4, 0.5) is 11.4 Å². The van der Waals surface area contributed by atoms with Crippen LogP contribution < -0.4 is 19.3 Å². The minimum atomic E-state index is -0.498. The number of para-hydroxylation sites is 2. The van der Waals surface area contributed by atoms with Crippen molar-refractivity contribution in [2.75, 3.05) is 16.9 Å². The van der Waals surface area contributed by atoms with Crippen molar-refractivity contribution in [2.45, 2.75) is 20.5 Å². The van der Waals surface area contributed by atoms with Crippen molar-refractivity contribution in [1.29, 1.82) is 0 Å². The van der Waals surface area contributed by atoms with Crippen LogP contribution in [0.2, 0.25) is 0 Å². The smallest absolute Gasteiger partial charge is 0.270 e. The Morgan fingerprint density at radius 2 is 1.27 bits per heavy atom. The van der Waals surface area contributed by atoms with Crippen LogP contribution in [-0.2, 0) is 16.2 Å². The van der Waals surface area contributed by atoms with E-state index >= 15 is 0 Å². The number of ether oxygens (including phenoxy) is 2. The lowest BCUT2D eigenvalue weighted by Gasteiger charge is -2.36. The normalized spacial score (nSPS) is 13.5. The van der Waals surface area contributed by atoms with Gasteiger partial charge in [-0.25, -0.2) is 0 Å². The third-order valence-electron chi connectivity index (χ3n) is 6.45. The monoisotopic (exact) mass is 548 g/mol. The summed E-state index contributed by atoms with van der Waals surface area (Å²) in [6.07, 6.45) is 1.56. The number of thiocarbonyl (C=S) groups is 1. The van der Waals surface area contributed by atoms with Gasteiger partial charge in [0.2, 0.25) is 0 Å². The average Bonchev–Trinajstić information content (AvgIpc) is 2.95. The van der Waals surface area contributed by atoms with Crippen LogP contribution in [0.3, 0.4) is 0 Å². The first-order valence-corrected chi connectivity index (χ1v) is 13.2. The molecular weight excluding hydrogens is 520 g/mol. The molecule has 2 amide bonds. The number of hydrogen-bond acceptors (Lipinski definition) is 5. The number of rotatable bonds is 7. The topological polar surface area (TPSA) is 59.1 Å². The fourth-order valence-electron chi connectivity index (χ4n) is 4.71. The number of aryl methyl sites for hydroxylation is 2. The van der Waals surface area contributed by atoms with Gasteiger partial charge in [0.15, 0.2) is 16.6 Å². The van der Waals surface area contributed by atoms with E-state index in [9.17, 15) is 9.59 Å². The maximum atomic E-state index is 13.7. The molecule has 200 valence electrons. The number of amides is 2. The molecule has 0 radical (unpaired) electrons. The van der Waals surface area contributed by atoms with Gasteiger partial charge < -0.3 is 9.47 Å². The Bertz CT molecular complexity index is 1530. The SMILES string of the molecule is COc1cc(C=C2C(=O)N(c3ccccc3)C(=S)N(c3ccccc3)C2=O)ccc1OCc1cc(C)cc(C)c1. The lowest BCUT2D eigenvalue weighted by molar-refractivity contribution is -0.120. The molecule has 0 atom stereocenters. The predicted octanol–water partition coefficient (Wildman–Crippen LogP) is 6.64. The van der Waals surface area contributed by atoms with Gasteiger partial charge in [-0.15, -0.1) is 0 Å². The third-order valence-corrected chi connectivity index (χ3v) is 6.82. The molecule has 4 aromatic rings. The summed E-state index contributed by atoms with van der Waals surface area (Å²) in [7, 11) is 1.56. The highest BCUT2D eigenvalue weighted by Crippen LogP contribution is 2.33. The molecule has 0 bridgehead atoms. The highest BCUT2D eigenvalue weighted by atomic mass is 32.1. The van der Waals surface area contributed by atoms with Crippen LogP contribution in [0.5, 0.6) is 11.5 Å². The summed E-state index contributed by atoms with van der Waals surface area (Å²) >= 11 is 5.67. The van der Waals surface area contributed by atoms with Gasteiger partial charge in [0.1, 0.15) is 12.2 Å². The molecule has 0 spiro atoms. The van der Waals surface area contributed by atoms with Crippen LogP contribution in [0.25, 0.3) is 6.08 Å². The summed E-state index contributed by atoms with van der Waals surface area (Å²) in [5, 5.41) is 0.0947. The first-order valence-electron chi connectivity index (χ1n) is 12.8. The fourth-order valence-corrected chi connectivity index (χ4v) is 5.09. The van der Waals surface area contributed by atoms with E-state index in [1.807, 2.05) is 36.4 Å². The molecule has 0 aliphatic carbocycles. The molecule has 0 aromatic heterocycles. The zero-order chi connectivity index (χ0) is 28.2. The molecule has 0 N–H and O–H groups in total. The highest BCUT2D eigenvalue weighted by molar-refractivity contribution is 7.81. The van der Waals surface area contributed by atoms with E-state index in [0.29, 0.717) is 35.0 Å². The fraction of sp³-hybridized carbons (Fsp3) is 0.121. The first kappa shape index (κ1) is 26.8. The standard InChI is InChI=1S/C33H28N2O4S/c1-22-16-23(2)18-25(17-22)21-39-29-15-14-24(20-30(29)38-3)19-28-31(36)34(26-10-6-4-7-11-26)33(40)35(32(28)37)27-12-8-5-9-13-27/h4-20H,21H2,1-3H3. The second kappa shape index (κ2) is 11.6. The summed E-state index contributed by atoms with van der Waals surface area (Å²) in [6.45, 7) is 4.49. The van der Waals surface area contributed by atoms with E-state index in [-0.39, 0.29) is 10.7 Å². The van der Waals surface area contributed by atoms with E-state index in [0.717, 1.165) is 5.56 Å². The van der Waals surface area contributed by atoms with Crippen molar-refractivity contribution >= 4 is 46.6 Å². The summed E-state index contributed by atoms with van der Waals surface area (Å²) < 4.78 is 11.7. The molecule has 6 nitrogen and oxygen atoms in total. The Morgan fingerprint density at radius 1 is 0.725 bits per heavy atom. The highest BCUT2D eigenvalue weighted by Gasteiger charge is 2.41. The van der Waals surface area contributed by atoms with Crippen molar-refractivity contribution in [3.05, 3.63) is 125 Å². The number of carbonyl (C=O) groups is 2. The lowest BCUT2D eigenvalue weighted by Crippen LogP contribution is -2.56. The quantitative estimate of drug-likeness (QED) is 0.147. The summed E-state index contributed by atoms with van der Waals surface area (Å²) in [6, 6.07) is 29.7. The molecule has 1 aliphatic heterocycles. The number of methoxy groups -OCH3 is 1. The van der Waals surface area contributed by atoms with Crippen LogP contribution >= 0.6 is 12.2 Å². The Morgan fingerprint density at radius 3 is 1.80 bits per heavy atom. The lowest BCUT2D eigenvalue weighted by atomic mass is 10.0. The maximum absolute atomic E-state index is 13.7. The zero-order valence-electron chi connectivity index (χ0n) is 22.5. The number of benzene rings is 4. The predicted molar refractivity (Wildman–Crippen MR) is 162 cm³/mol. The molecule has 5 rings (SSSR count). The second-order valence-electron chi connectivity index (χ2n) is 9.49. The van der Waals surface area contributed by atoms with E-state index < -0.39 is 11.8 Å². The van der Waals surface area contributed by atoms with E-state index in [1.54, 1.807) is 55.7 Å². The van der Waals surface area contributed by atoms with Gasteiger partial charge in [-0.05, 0) is 79.7 Å². The molecule has 1 heterocycles. The van der Waals surface area contributed by atoms with Crippen molar-refractivity contribution in [3.63, 3.8) is 0 Å². The largest absolute Gasteiger partial charge is 0.493 e. The van der Waals surface area contributed by atoms with Crippen LogP contribution in [0, 0.1) is 13.8 Å². The van der Waals surface area contributed by atoms with Gasteiger partial charge in [-0.3, -0.25) is 19.4 Å². The van der Waals surface area contributed by atoms with Gasteiger partial charge in [0.05, 0.1) is 18.5 Å². The van der Waals surface area contributed by atoms with Gasteiger partial charge >= 0.3 is 0 Å². The van der Waals surface area contributed by atoms with Gasteiger partial charge in [-0.2, -0.15) is 0 Å². The summed E-state index contributed by atoms with van der Waals surface area (Å²) in [5.74, 6) is 0.0536. The summed E-state index contributed by atoms with van der Waals surface area (Å²) in [4.78, 5) is 30.2. The van der Waals surface area contributed by atoms with Gasteiger partial charge in [0, 0.05) is 0 Å². The van der Waals surface area contributed by atoms with Crippen LogP contribution in [0.1, 0.15) is 22.3 Å². The first-order chi connectivity index (χ1) is 19.4. The van der Waals surface area contributed by atoms with Crippen molar-refractivity contribution in [1.82, 2.24) is 0 Å². The van der Waals surface area contributed by atoms with Crippen molar-refractivity contribution in [3.8, 4) is 11.5 Å². The number of hydrogen-bond donors (Lipinski definition) is 0. The van der Waals surface area contributed by atoms with E-state index in [4.69, 9.17) is 21.7 Å². The van der Waals surface area contributed by atoms with E-state index in [1.165, 1.54) is 20.9 Å². The maximum Gasteiger partial charge on any atom is 0.270 e. The molecule has 7 heteroatoms. The Labute approximate surface area is 239 Å². The number of nitrogens with zero attached hydrogens (tertiary/aromatic N) is 2. The molecule has 4 aromatic carbocycles. The second-order valence-corrected chi connectivity index (χ2v) is 9.85. The Hall–Kier alpha value is -4.75. The van der Waals surface area contributed by atoms with E-state index in [2.05, 4.69) is 32.0 Å². The van der Waals surface area contributed by atoms with Gasteiger partial charge in [0.25, 0.3) is 11.8 Å². The van der Waals surface area contributed by atoms with Gasteiger partial charge in [-0.1, -0.05) is 71.8 Å². The third kappa shape index (κ3) is 5.51. The molecule has 0 unspecified atom stereocenters. The number of carbonyl (C=O) groups excluding carboxylic acids is 2. The molecule has 0 saturated carbocycles. The van der Waals surface area contributed by atoms with Crippen molar-refractivity contribution in [2.24, 2.45) is 0 Å². The van der Waals surface area contributed by atoms with Crippen LogP contribution in [-0.4, -0.2) is 24.0 Å². The molecule has 1 saturated heterocycles. The molecular formula is C33H28N2O4S. The minimum Gasteiger partial charge on any atom is -0.493 e. The molecule has 1 aliphatic rings. The minimum absolute atomic E-state index is 0.0211.